The van der Waals surface area contributed by atoms with Crippen LogP contribution in [0.3, 0.4) is 0 Å². The number of nitrogens with two attached hydrogens (primary N) is 2. The summed E-state index contributed by atoms with van der Waals surface area (Å²) in [6.45, 7) is 3.11. The predicted octanol–water partition coefficient (Wildman–Crippen LogP) is -1.60. The first-order valence-corrected chi connectivity index (χ1v) is 6.28. The Labute approximate surface area is 121 Å². The molecule has 0 saturated heterocycles. The molecule has 1 heterocycles. The van der Waals surface area contributed by atoms with Crippen molar-refractivity contribution < 1.29 is 24.3 Å². The highest BCUT2D eigenvalue weighted by molar-refractivity contribution is 6.13. The molecule has 0 saturated carbocycles. The van der Waals surface area contributed by atoms with Crippen LogP contribution in [0.15, 0.2) is 12.2 Å². The molecule has 0 aliphatic carbocycles. The third kappa shape index (κ3) is 3.64. The molecule has 0 aromatic heterocycles. The predicted molar refractivity (Wildman–Crippen MR) is 70.9 cm³/mol. The van der Waals surface area contributed by atoms with Gasteiger partial charge in [0.1, 0.15) is 0 Å². The molecule has 3 amide bonds. The fourth-order valence-corrected chi connectivity index (χ4v) is 1.96. The zero-order valence-electron chi connectivity index (χ0n) is 11.7. The fraction of sp³-hybridized carbons (Fsp3) is 0.500. The van der Waals surface area contributed by atoms with Gasteiger partial charge >= 0.3 is 5.97 Å². The number of carbonyl (C=O) groups excluding carboxylic acids is 3. The zero-order chi connectivity index (χ0) is 16.3. The van der Waals surface area contributed by atoms with Gasteiger partial charge in [0.05, 0.1) is 12.6 Å². The van der Waals surface area contributed by atoms with Crippen molar-refractivity contribution in [2.45, 2.75) is 32.5 Å². The van der Waals surface area contributed by atoms with Gasteiger partial charge in [0.25, 0.3) is 11.8 Å². The van der Waals surface area contributed by atoms with E-state index in [0.717, 1.165) is 12.2 Å². The summed E-state index contributed by atoms with van der Waals surface area (Å²) in [5.74, 6) is -4.26. The maximum absolute atomic E-state index is 12.2. The second-order valence-corrected chi connectivity index (χ2v) is 4.95. The maximum atomic E-state index is 12.2. The van der Waals surface area contributed by atoms with Crippen LogP contribution in [0, 0.1) is 5.92 Å². The summed E-state index contributed by atoms with van der Waals surface area (Å²) in [5.41, 5.74) is 10.7. The van der Waals surface area contributed by atoms with E-state index in [1.807, 2.05) is 0 Å². The quantitative estimate of drug-likeness (QED) is 0.395. The van der Waals surface area contributed by atoms with Crippen molar-refractivity contribution in [2.75, 3.05) is 0 Å². The van der Waals surface area contributed by atoms with Gasteiger partial charge < -0.3 is 16.6 Å². The van der Waals surface area contributed by atoms with Gasteiger partial charge in [0.15, 0.2) is 6.04 Å². The van der Waals surface area contributed by atoms with Gasteiger partial charge in [-0.25, -0.2) is 9.80 Å². The highest BCUT2D eigenvalue weighted by Gasteiger charge is 2.42. The van der Waals surface area contributed by atoms with E-state index in [-0.39, 0.29) is 0 Å². The lowest BCUT2D eigenvalue weighted by atomic mass is 10.0. The molecule has 1 atom stereocenters. The number of imide groups is 1. The average molecular weight is 298 g/mol. The molecule has 9 nitrogen and oxygen atoms in total. The van der Waals surface area contributed by atoms with Crippen LogP contribution in [0.2, 0.25) is 0 Å². The Morgan fingerprint density at radius 2 is 1.71 bits per heavy atom. The van der Waals surface area contributed by atoms with Crippen LogP contribution in [0.1, 0.15) is 20.3 Å². The van der Waals surface area contributed by atoms with Gasteiger partial charge in [-0.1, -0.05) is 13.8 Å². The van der Waals surface area contributed by atoms with Gasteiger partial charge in [0, 0.05) is 12.2 Å². The zero-order valence-corrected chi connectivity index (χ0v) is 11.7. The maximum Gasteiger partial charge on any atom is 0.328 e. The van der Waals surface area contributed by atoms with Gasteiger partial charge in [-0.15, -0.1) is 0 Å². The second kappa shape index (κ2) is 6.46. The number of carboxylic acids is 1. The lowest BCUT2D eigenvalue weighted by Crippen LogP contribution is -2.59. The van der Waals surface area contributed by atoms with Crippen molar-refractivity contribution >= 4 is 23.7 Å². The van der Waals surface area contributed by atoms with E-state index in [4.69, 9.17) is 11.5 Å². The Morgan fingerprint density at radius 1 is 1.24 bits per heavy atom. The van der Waals surface area contributed by atoms with Crippen LogP contribution in [0.25, 0.3) is 0 Å². The van der Waals surface area contributed by atoms with Crippen LogP contribution in [0.4, 0.5) is 0 Å². The highest BCUT2D eigenvalue weighted by atomic mass is 16.4. The van der Waals surface area contributed by atoms with Gasteiger partial charge in [-0.05, 0) is 5.92 Å². The van der Waals surface area contributed by atoms with Crippen LogP contribution in [-0.4, -0.2) is 51.0 Å². The molecular weight excluding hydrogens is 280 g/mol. The number of carboxylic acid groups (broad SMARTS) is 1. The van der Waals surface area contributed by atoms with E-state index in [9.17, 15) is 24.3 Å². The molecule has 1 aliphatic rings. The molecule has 0 aromatic rings. The Morgan fingerprint density at radius 3 is 2.05 bits per heavy atom. The molecule has 1 aliphatic heterocycles. The van der Waals surface area contributed by atoms with Crippen LogP contribution in [-0.2, 0) is 19.2 Å². The molecular formula is C12H18N4O5. The lowest BCUT2D eigenvalue weighted by Gasteiger charge is -2.36. The number of nitrogens with zero attached hydrogens (tertiary/aromatic N) is 2. The minimum absolute atomic E-state index is 0.395. The van der Waals surface area contributed by atoms with E-state index in [0.29, 0.717) is 10.0 Å². The van der Waals surface area contributed by atoms with E-state index in [1.54, 1.807) is 13.8 Å². The molecule has 0 radical (unpaired) electrons. The Balaban J connectivity index is 3.22. The van der Waals surface area contributed by atoms with Crippen molar-refractivity contribution in [2.24, 2.45) is 17.4 Å². The largest absolute Gasteiger partial charge is 0.480 e. The number of hydrazine groups is 1. The number of rotatable bonds is 6. The molecule has 0 spiro atoms. The lowest BCUT2D eigenvalue weighted by molar-refractivity contribution is -0.180. The minimum atomic E-state index is -1.39. The first-order valence-electron chi connectivity index (χ1n) is 6.28. The van der Waals surface area contributed by atoms with Gasteiger partial charge in [-0.3, -0.25) is 14.4 Å². The third-order valence-electron chi connectivity index (χ3n) is 2.82. The monoisotopic (exact) mass is 298 g/mol. The topological polar surface area (TPSA) is 147 Å². The van der Waals surface area contributed by atoms with Crippen molar-refractivity contribution in [1.29, 1.82) is 0 Å². The molecule has 1 rings (SSSR count). The van der Waals surface area contributed by atoms with E-state index < -0.39 is 48.2 Å². The average Bonchev–Trinajstić information content (AvgIpc) is 2.64. The van der Waals surface area contributed by atoms with Gasteiger partial charge in [0.2, 0.25) is 5.91 Å². The molecule has 0 fully saturated rings. The summed E-state index contributed by atoms with van der Waals surface area (Å²) >= 11 is 0. The number of amides is 3. The van der Waals surface area contributed by atoms with Crippen molar-refractivity contribution in [3.8, 4) is 0 Å². The smallest absolute Gasteiger partial charge is 0.328 e. The Bertz CT molecular complexity index is 482. The summed E-state index contributed by atoms with van der Waals surface area (Å²) in [6, 6.07) is -1.39. The summed E-state index contributed by atoms with van der Waals surface area (Å²) in [6.07, 6.45) is 0.504. The minimum Gasteiger partial charge on any atom is -0.480 e. The first-order chi connectivity index (χ1) is 9.66. The molecule has 0 aromatic carbocycles. The van der Waals surface area contributed by atoms with E-state index in [1.165, 1.54) is 0 Å². The molecule has 116 valence electrons. The summed E-state index contributed by atoms with van der Waals surface area (Å²) in [7, 11) is 0. The van der Waals surface area contributed by atoms with E-state index >= 15 is 0 Å². The second-order valence-electron chi connectivity index (χ2n) is 4.95. The molecule has 5 N–H and O–H groups in total. The summed E-state index contributed by atoms with van der Waals surface area (Å²) in [5, 5.41) is 10.4. The number of aliphatic carboxylic acids is 1. The fourth-order valence-electron chi connectivity index (χ4n) is 1.96. The Kier molecular flexibility index (Phi) is 5.17. The summed E-state index contributed by atoms with van der Waals surface area (Å²) < 4.78 is 0. The SMILES string of the molecule is CC(C)C(C(=O)O)N(C(=O)CC(N)N)N1C(=O)C=CC1=O. The third-order valence-corrected chi connectivity index (χ3v) is 2.82. The van der Waals surface area contributed by atoms with Crippen molar-refractivity contribution in [3.63, 3.8) is 0 Å². The number of carbonyl (C=O) groups is 4. The highest BCUT2D eigenvalue weighted by Crippen LogP contribution is 2.19. The molecule has 21 heavy (non-hydrogen) atoms. The summed E-state index contributed by atoms with van der Waals surface area (Å²) in [4.78, 5) is 47.1. The van der Waals surface area contributed by atoms with Crippen LogP contribution < -0.4 is 11.5 Å². The molecule has 0 bridgehead atoms. The number of hydrogen-bond acceptors (Lipinski definition) is 6. The number of hydrogen-bond donors (Lipinski definition) is 3. The van der Waals surface area contributed by atoms with Crippen molar-refractivity contribution in [1.82, 2.24) is 10.0 Å². The van der Waals surface area contributed by atoms with Gasteiger partial charge in [-0.2, -0.15) is 5.01 Å². The molecule has 9 heteroatoms. The van der Waals surface area contributed by atoms with Crippen LogP contribution >= 0.6 is 0 Å². The molecule has 1 unspecified atom stereocenters. The standard InChI is InChI=1S/C12H18N4O5/c1-6(2)11(12(20)21)16(10(19)5-7(13)14)15-8(17)3-4-9(15)18/h3-4,6-7,11H,5,13-14H2,1-2H3,(H,20,21). The first kappa shape index (κ1) is 16.8. The van der Waals surface area contributed by atoms with E-state index in [2.05, 4.69) is 0 Å². The van der Waals surface area contributed by atoms with Crippen LogP contribution in [0.5, 0.6) is 0 Å². The van der Waals surface area contributed by atoms with Crippen molar-refractivity contribution in [3.05, 3.63) is 12.2 Å². The Hall–Kier alpha value is -2.26. The normalized spacial score (nSPS) is 16.0.